The SMILES string of the molecule is C[C@H](c1ccc2ccccc2c1)[C@@H]1CCCNC1. The van der Waals surface area contributed by atoms with Gasteiger partial charge >= 0.3 is 0 Å². The molecule has 2 aromatic rings. The average molecular weight is 239 g/mol. The smallest absolute Gasteiger partial charge is 0.00148 e. The molecule has 3 rings (SSSR count). The van der Waals surface area contributed by atoms with Gasteiger partial charge < -0.3 is 5.32 Å². The summed E-state index contributed by atoms with van der Waals surface area (Å²) >= 11 is 0. The summed E-state index contributed by atoms with van der Waals surface area (Å²) in [5, 5.41) is 6.23. The van der Waals surface area contributed by atoms with Crippen LogP contribution in [-0.2, 0) is 0 Å². The Bertz CT molecular complexity index is 526. The van der Waals surface area contributed by atoms with E-state index in [4.69, 9.17) is 0 Å². The molecule has 94 valence electrons. The lowest BCUT2D eigenvalue weighted by atomic mass is 9.82. The Morgan fingerprint density at radius 1 is 1.11 bits per heavy atom. The van der Waals surface area contributed by atoms with Crippen molar-refractivity contribution in [2.24, 2.45) is 5.92 Å². The number of hydrogen-bond donors (Lipinski definition) is 1. The van der Waals surface area contributed by atoms with Gasteiger partial charge in [0, 0.05) is 0 Å². The fraction of sp³-hybridized carbons (Fsp3) is 0.412. The minimum Gasteiger partial charge on any atom is -0.316 e. The van der Waals surface area contributed by atoms with Crippen LogP contribution in [0.5, 0.6) is 0 Å². The molecule has 0 spiro atoms. The Kier molecular flexibility index (Phi) is 3.33. The highest BCUT2D eigenvalue weighted by molar-refractivity contribution is 5.83. The second kappa shape index (κ2) is 5.11. The largest absolute Gasteiger partial charge is 0.316 e. The van der Waals surface area contributed by atoms with Crippen LogP contribution in [0.15, 0.2) is 42.5 Å². The summed E-state index contributed by atoms with van der Waals surface area (Å²) < 4.78 is 0. The highest BCUT2D eigenvalue weighted by Gasteiger charge is 2.21. The zero-order chi connectivity index (χ0) is 12.4. The number of benzene rings is 2. The third-order valence-electron chi connectivity index (χ3n) is 4.34. The predicted molar refractivity (Wildman–Crippen MR) is 78.0 cm³/mol. The maximum Gasteiger partial charge on any atom is -0.00148 e. The highest BCUT2D eigenvalue weighted by Crippen LogP contribution is 2.30. The predicted octanol–water partition coefficient (Wildman–Crippen LogP) is 3.94. The van der Waals surface area contributed by atoms with E-state index in [0.29, 0.717) is 5.92 Å². The standard InChI is InChI=1S/C17H21N/c1-13(17-7-4-10-18-12-17)15-9-8-14-5-2-3-6-16(14)11-15/h2-3,5-6,8-9,11,13,17-18H,4,7,10,12H2,1H3/t13-,17-/m1/s1. The lowest BCUT2D eigenvalue weighted by Gasteiger charge is -2.28. The minimum atomic E-state index is 0.655. The van der Waals surface area contributed by atoms with Crippen LogP contribution < -0.4 is 5.32 Å². The van der Waals surface area contributed by atoms with Crippen molar-refractivity contribution >= 4 is 10.8 Å². The molecule has 0 saturated carbocycles. The summed E-state index contributed by atoms with van der Waals surface area (Å²) in [6.45, 7) is 4.75. The lowest BCUT2D eigenvalue weighted by molar-refractivity contribution is 0.334. The Morgan fingerprint density at radius 3 is 2.72 bits per heavy atom. The molecule has 1 nitrogen and oxygen atoms in total. The number of fused-ring (bicyclic) bond motifs is 1. The first-order valence-corrected chi connectivity index (χ1v) is 7.04. The van der Waals surface area contributed by atoms with Crippen LogP contribution in [-0.4, -0.2) is 13.1 Å². The van der Waals surface area contributed by atoms with Crippen molar-refractivity contribution in [2.75, 3.05) is 13.1 Å². The van der Waals surface area contributed by atoms with E-state index in [0.717, 1.165) is 5.92 Å². The van der Waals surface area contributed by atoms with Gasteiger partial charge in [-0.3, -0.25) is 0 Å². The van der Waals surface area contributed by atoms with E-state index in [2.05, 4.69) is 54.7 Å². The first-order chi connectivity index (χ1) is 8.84. The molecular formula is C17H21N. The van der Waals surface area contributed by atoms with Crippen LogP contribution in [0.2, 0.25) is 0 Å². The minimum absolute atomic E-state index is 0.655. The maximum absolute atomic E-state index is 3.52. The van der Waals surface area contributed by atoms with E-state index in [1.165, 1.54) is 42.3 Å². The van der Waals surface area contributed by atoms with Gasteiger partial charge in [0.05, 0.1) is 0 Å². The molecule has 0 amide bonds. The summed E-state index contributed by atoms with van der Waals surface area (Å²) in [5.41, 5.74) is 1.49. The summed E-state index contributed by atoms with van der Waals surface area (Å²) in [6.07, 6.45) is 2.68. The van der Waals surface area contributed by atoms with Crippen molar-refractivity contribution < 1.29 is 0 Å². The van der Waals surface area contributed by atoms with Gasteiger partial charge in [-0.2, -0.15) is 0 Å². The molecular weight excluding hydrogens is 218 g/mol. The molecule has 1 saturated heterocycles. The fourth-order valence-electron chi connectivity index (χ4n) is 3.07. The average Bonchev–Trinajstić information content (AvgIpc) is 2.47. The van der Waals surface area contributed by atoms with E-state index < -0.39 is 0 Å². The molecule has 1 fully saturated rings. The monoisotopic (exact) mass is 239 g/mol. The summed E-state index contributed by atoms with van der Waals surface area (Å²) in [6, 6.07) is 15.6. The van der Waals surface area contributed by atoms with Crippen LogP contribution >= 0.6 is 0 Å². The van der Waals surface area contributed by atoms with Crippen LogP contribution in [0.1, 0.15) is 31.2 Å². The first kappa shape index (κ1) is 11.7. The molecule has 2 aromatic carbocycles. The summed E-state index contributed by atoms with van der Waals surface area (Å²) in [4.78, 5) is 0. The molecule has 0 unspecified atom stereocenters. The number of nitrogens with one attached hydrogen (secondary N) is 1. The van der Waals surface area contributed by atoms with Crippen molar-refractivity contribution in [3.63, 3.8) is 0 Å². The van der Waals surface area contributed by atoms with Gasteiger partial charge in [-0.1, -0.05) is 49.4 Å². The van der Waals surface area contributed by atoms with Gasteiger partial charge in [0.25, 0.3) is 0 Å². The van der Waals surface area contributed by atoms with E-state index >= 15 is 0 Å². The molecule has 0 bridgehead atoms. The van der Waals surface area contributed by atoms with Crippen molar-refractivity contribution in [2.45, 2.75) is 25.7 Å². The molecule has 18 heavy (non-hydrogen) atoms. The number of hydrogen-bond acceptors (Lipinski definition) is 1. The van der Waals surface area contributed by atoms with Gasteiger partial charge in [0.15, 0.2) is 0 Å². The van der Waals surface area contributed by atoms with E-state index in [9.17, 15) is 0 Å². The molecule has 1 heteroatoms. The molecule has 0 radical (unpaired) electrons. The third-order valence-corrected chi connectivity index (χ3v) is 4.34. The Hall–Kier alpha value is -1.34. The summed E-state index contributed by atoms with van der Waals surface area (Å²) in [5.74, 6) is 1.45. The van der Waals surface area contributed by atoms with E-state index in [-0.39, 0.29) is 0 Å². The van der Waals surface area contributed by atoms with Gasteiger partial charge in [0.1, 0.15) is 0 Å². The molecule has 1 aliphatic rings. The summed E-state index contributed by atoms with van der Waals surface area (Å²) in [7, 11) is 0. The first-order valence-electron chi connectivity index (χ1n) is 7.04. The third kappa shape index (κ3) is 2.28. The van der Waals surface area contributed by atoms with Crippen LogP contribution in [0.4, 0.5) is 0 Å². The van der Waals surface area contributed by atoms with Gasteiger partial charge in [-0.05, 0) is 54.1 Å². The molecule has 1 N–H and O–H groups in total. The van der Waals surface area contributed by atoms with Gasteiger partial charge in [0.2, 0.25) is 0 Å². The normalized spacial score (nSPS) is 21.9. The molecule has 0 aromatic heterocycles. The Morgan fingerprint density at radius 2 is 1.94 bits per heavy atom. The molecule has 0 aliphatic carbocycles. The van der Waals surface area contributed by atoms with Crippen molar-refractivity contribution in [3.05, 3.63) is 48.0 Å². The molecule has 2 atom stereocenters. The second-order valence-corrected chi connectivity index (χ2v) is 5.50. The van der Waals surface area contributed by atoms with E-state index in [1.807, 2.05) is 0 Å². The van der Waals surface area contributed by atoms with Crippen LogP contribution in [0, 0.1) is 5.92 Å². The number of piperidine rings is 1. The second-order valence-electron chi connectivity index (χ2n) is 5.50. The van der Waals surface area contributed by atoms with E-state index in [1.54, 1.807) is 0 Å². The quantitative estimate of drug-likeness (QED) is 0.837. The van der Waals surface area contributed by atoms with Crippen molar-refractivity contribution in [1.29, 1.82) is 0 Å². The topological polar surface area (TPSA) is 12.0 Å². The lowest BCUT2D eigenvalue weighted by Crippen LogP contribution is -2.32. The zero-order valence-electron chi connectivity index (χ0n) is 11.0. The number of rotatable bonds is 2. The van der Waals surface area contributed by atoms with Crippen LogP contribution in [0.25, 0.3) is 10.8 Å². The van der Waals surface area contributed by atoms with Crippen molar-refractivity contribution in [1.82, 2.24) is 5.32 Å². The molecule has 1 aliphatic heterocycles. The molecule has 1 heterocycles. The highest BCUT2D eigenvalue weighted by atomic mass is 14.9. The Labute approximate surface area is 109 Å². The zero-order valence-corrected chi connectivity index (χ0v) is 11.0. The fourth-order valence-corrected chi connectivity index (χ4v) is 3.07. The van der Waals surface area contributed by atoms with Crippen LogP contribution in [0.3, 0.4) is 0 Å². The maximum atomic E-state index is 3.52. The van der Waals surface area contributed by atoms with Crippen molar-refractivity contribution in [3.8, 4) is 0 Å². The van der Waals surface area contributed by atoms with Gasteiger partial charge in [-0.15, -0.1) is 0 Å². The Balaban J connectivity index is 1.88. The van der Waals surface area contributed by atoms with Gasteiger partial charge in [-0.25, -0.2) is 0 Å².